The van der Waals surface area contributed by atoms with Crippen molar-refractivity contribution in [2.75, 3.05) is 31.8 Å². The average molecular weight is 435 g/mol. The molecule has 0 aliphatic heterocycles. The summed E-state index contributed by atoms with van der Waals surface area (Å²) in [4.78, 5) is 14.6. The number of benzene rings is 2. The second-order valence-electron chi connectivity index (χ2n) is 7.46. The van der Waals surface area contributed by atoms with Crippen molar-refractivity contribution in [3.8, 4) is 11.5 Å². The van der Waals surface area contributed by atoms with Gasteiger partial charge >= 0.3 is 0 Å². The molecule has 0 fully saturated rings. The van der Waals surface area contributed by atoms with Crippen LogP contribution in [-0.4, -0.2) is 52.8 Å². The molecule has 1 amide bonds. The fourth-order valence-corrected chi connectivity index (χ4v) is 4.68. The number of nitrogens with zero attached hydrogens (tertiary/aromatic N) is 2. The lowest BCUT2D eigenvalue weighted by atomic mass is 10.1. The first kappa shape index (κ1) is 23.5. The minimum Gasteiger partial charge on any atom is -0.493 e. The van der Waals surface area contributed by atoms with Crippen molar-refractivity contribution in [2.45, 2.75) is 33.4 Å². The van der Waals surface area contributed by atoms with Gasteiger partial charge in [0.2, 0.25) is 15.9 Å². The van der Waals surface area contributed by atoms with Gasteiger partial charge in [-0.25, -0.2) is 8.42 Å². The number of amides is 1. The molecular formula is C22H30N2O5S. The molecule has 0 radical (unpaired) electrons. The number of carbonyl (C=O) groups is 1. The van der Waals surface area contributed by atoms with Crippen LogP contribution in [0.1, 0.15) is 23.6 Å². The molecule has 30 heavy (non-hydrogen) atoms. The molecule has 2 rings (SSSR count). The highest BCUT2D eigenvalue weighted by molar-refractivity contribution is 7.92. The van der Waals surface area contributed by atoms with E-state index < -0.39 is 16.1 Å². The molecule has 0 N–H and O–H groups in total. The smallest absolute Gasteiger partial charge is 0.246 e. The Morgan fingerprint density at radius 3 is 2.07 bits per heavy atom. The summed E-state index contributed by atoms with van der Waals surface area (Å²) in [5, 5.41) is 0. The molecule has 0 saturated carbocycles. The van der Waals surface area contributed by atoms with Crippen LogP contribution in [0.25, 0.3) is 0 Å². The van der Waals surface area contributed by atoms with Gasteiger partial charge in [0, 0.05) is 13.6 Å². The van der Waals surface area contributed by atoms with Crippen LogP contribution >= 0.6 is 0 Å². The fraction of sp³-hybridized carbons (Fsp3) is 0.409. The fourth-order valence-electron chi connectivity index (χ4n) is 3.53. The first-order valence-electron chi connectivity index (χ1n) is 9.51. The molecule has 7 nitrogen and oxygen atoms in total. The number of likely N-dealkylation sites (N-methyl/N-ethyl adjacent to an activating group) is 1. The van der Waals surface area contributed by atoms with E-state index in [1.54, 1.807) is 52.5 Å². The molecule has 8 heteroatoms. The van der Waals surface area contributed by atoms with Crippen molar-refractivity contribution in [2.24, 2.45) is 0 Å². The maximum absolute atomic E-state index is 13.1. The second kappa shape index (κ2) is 9.38. The van der Waals surface area contributed by atoms with Gasteiger partial charge in [-0.1, -0.05) is 12.1 Å². The molecule has 0 spiro atoms. The van der Waals surface area contributed by atoms with Crippen molar-refractivity contribution >= 4 is 21.6 Å². The molecule has 0 saturated heterocycles. The largest absolute Gasteiger partial charge is 0.493 e. The summed E-state index contributed by atoms with van der Waals surface area (Å²) in [7, 11) is 1.08. The minimum absolute atomic E-state index is 0.300. The lowest BCUT2D eigenvalue weighted by Gasteiger charge is -2.31. The molecule has 164 valence electrons. The summed E-state index contributed by atoms with van der Waals surface area (Å²) in [5.74, 6) is 0.855. The third kappa shape index (κ3) is 5.44. The van der Waals surface area contributed by atoms with Crippen LogP contribution in [0.2, 0.25) is 0 Å². The van der Waals surface area contributed by atoms with Gasteiger partial charge in [-0.2, -0.15) is 0 Å². The zero-order chi connectivity index (χ0) is 22.6. The summed E-state index contributed by atoms with van der Waals surface area (Å²) in [6, 6.07) is 10.0. The Labute approximate surface area is 179 Å². The topological polar surface area (TPSA) is 76.2 Å². The monoisotopic (exact) mass is 434 g/mol. The van der Waals surface area contributed by atoms with Gasteiger partial charge in [0.05, 0.1) is 26.2 Å². The molecule has 1 atom stereocenters. The molecular weight excluding hydrogens is 404 g/mol. The van der Waals surface area contributed by atoms with E-state index in [0.29, 0.717) is 23.7 Å². The van der Waals surface area contributed by atoms with Crippen LogP contribution in [0.15, 0.2) is 36.4 Å². The first-order chi connectivity index (χ1) is 14.0. The number of carbonyl (C=O) groups excluding carboxylic acids is 1. The lowest BCUT2D eigenvalue weighted by molar-refractivity contribution is -0.131. The molecule has 2 aromatic carbocycles. The van der Waals surface area contributed by atoms with E-state index in [9.17, 15) is 13.2 Å². The summed E-state index contributed by atoms with van der Waals surface area (Å²) in [6.45, 7) is 5.69. The summed E-state index contributed by atoms with van der Waals surface area (Å²) in [6.07, 6.45) is 1.11. The average Bonchev–Trinajstić information content (AvgIpc) is 2.65. The number of ether oxygens (including phenoxy) is 2. The predicted octanol–water partition coefficient (Wildman–Crippen LogP) is 3.13. The van der Waals surface area contributed by atoms with Gasteiger partial charge in [0.15, 0.2) is 11.5 Å². The standard InChI is InChI=1S/C22H30N2O5S/c1-15-10-16(2)12-19(11-15)24(30(7,26)27)17(3)22(25)23(4)14-18-8-9-20(28-5)21(13-18)29-6/h8-13,17H,14H2,1-7H3/t17-/m0/s1. The number of methoxy groups -OCH3 is 2. The van der Waals surface area contributed by atoms with E-state index in [1.807, 2.05) is 26.0 Å². The van der Waals surface area contributed by atoms with E-state index in [-0.39, 0.29) is 5.91 Å². The Morgan fingerprint density at radius 1 is 1.00 bits per heavy atom. The zero-order valence-corrected chi connectivity index (χ0v) is 19.4. The van der Waals surface area contributed by atoms with E-state index in [2.05, 4.69) is 0 Å². The molecule has 0 bridgehead atoms. The third-order valence-electron chi connectivity index (χ3n) is 4.77. The summed E-state index contributed by atoms with van der Waals surface area (Å²) >= 11 is 0. The number of anilines is 1. The second-order valence-corrected chi connectivity index (χ2v) is 9.32. The summed E-state index contributed by atoms with van der Waals surface area (Å²) in [5.41, 5.74) is 3.18. The van der Waals surface area contributed by atoms with Gasteiger partial charge in [0.25, 0.3) is 0 Å². The molecule has 2 aromatic rings. The van der Waals surface area contributed by atoms with Crippen molar-refractivity contribution in [3.05, 3.63) is 53.1 Å². The van der Waals surface area contributed by atoms with Crippen LogP contribution in [0, 0.1) is 13.8 Å². The zero-order valence-electron chi connectivity index (χ0n) is 18.6. The number of hydrogen-bond donors (Lipinski definition) is 0. The van der Waals surface area contributed by atoms with E-state index in [1.165, 1.54) is 9.21 Å². The van der Waals surface area contributed by atoms with Crippen molar-refractivity contribution in [1.29, 1.82) is 0 Å². The Hall–Kier alpha value is -2.74. The Bertz CT molecular complexity index is 1000. The highest BCUT2D eigenvalue weighted by atomic mass is 32.2. The third-order valence-corrected chi connectivity index (χ3v) is 6.01. The van der Waals surface area contributed by atoms with Crippen LogP contribution in [-0.2, 0) is 21.4 Å². The van der Waals surface area contributed by atoms with Crippen LogP contribution < -0.4 is 13.8 Å². The normalized spacial score (nSPS) is 12.2. The Morgan fingerprint density at radius 2 is 1.57 bits per heavy atom. The number of aryl methyl sites for hydroxylation is 2. The minimum atomic E-state index is -3.67. The van der Waals surface area contributed by atoms with Gasteiger partial charge in [-0.3, -0.25) is 9.10 Å². The Balaban J connectivity index is 2.30. The van der Waals surface area contributed by atoms with Crippen molar-refractivity contribution in [3.63, 3.8) is 0 Å². The number of hydrogen-bond acceptors (Lipinski definition) is 5. The van der Waals surface area contributed by atoms with Crippen LogP contribution in [0.4, 0.5) is 5.69 Å². The molecule has 0 aromatic heterocycles. The van der Waals surface area contributed by atoms with Gasteiger partial charge in [-0.15, -0.1) is 0 Å². The first-order valence-corrected chi connectivity index (χ1v) is 11.4. The Kier molecular flexibility index (Phi) is 7.36. The van der Waals surface area contributed by atoms with Gasteiger partial charge < -0.3 is 14.4 Å². The number of rotatable bonds is 8. The molecule has 0 aliphatic rings. The van der Waals surface area contributed by atoms with Crippen molar-refractivity contribution < 1.29 is 22.7 Å². The SMILES string of the molecule is COc1ccc(CN(C)C(=O)[C@H](C)N(c2cc(C)cc(C)c2)S(C)(=O)=O)cc1OC. The maximum atomic E-state index is 13.1. The maximum Gasteiger partial charge on any atom is 0.246 e. The molecule has 0 heterocycles. The molecule has 0 aliphatic carbocycles. The summed E-state index contributed by atoms with van der Waals surface area (Å²) < 4.78 is 36.9. The van der Waals surface area contributed by atoms with Gasteiger partial charge in [-0.05, 0) is 61.7 Å². The number of sulfonamides is 1. The van der Waals surface area contributed by atoms with Crippen molar-refractivity contribution in [1.82, 2.24) is 4.90 Å². The van der Waals surface area contributed by atoms with Crippen LogP contribution in [0.5, 0.6) is 11.5 Å². The highest BCUT2D eigenvalue weighted by Crippen LogP contribution is 2.28. The van der Waals surface area contributed by atoms with Crippen LogP contribution in [0.3, 0.4) is 0 Å². The predicted molar refractivity (Wildman–Crippen MR) is 119 cm³/mol. The quantitative estimate of drug-likeness (QED) is 0.638. The van der Waals surface area contributed by atoms with E-state index in [4.69, 9.17) is 9.47 Å². The lowest BCUT2D eigenvalue weighted by Crippen LogP contribution is -2.48. The highest BCUT2D eigenvalue weighted by Gasteiger charge is 2.31. The van der Waals surface area contributed by atoms with Gasteiger partial charge in [0.1, 0.15) is 6.04 Å². The molecule has 0 unspecified atom stereocenters. The van der Waals surface area contributed by atoms with E-state index >= 15 is 0 Å². The van der Waals surface area contributed by atoms with E-state index in [0.717, 1.165) is 22.9 Å².